The summed E-state index contributed by atoms with van der Waals surface area (Å²) in [5, 5.41) is 0. The van der Waals surface area contributed by atoms with E-state index in [4.69, 9.17) is 0 Å². The van der Waals surface area contributed by atoms with Crippen LogP contribution in [0, 0.1) is 5.92 Å². The molecule has 0 nitrogen and oxygen atoms in total. The Hall–Kier alpha value is -0.470. The number of allylic oxidation sites excluding steroid dienone is 1. The summed E-state index contributed by atoms with van der Waals surface area (Å²) in [5.41, 5.74) is 0.382. The molecule has 0 heterocycles. The van der Waals surface area contributed by atoms with Gasteiger partial charge in [-0.3, -0.25) is 0 Å². The van der Waals surface area contributed by atoms with E-state index in [0.717, 1.165) is 32.1 Å². The molecule has 0 bridgehead atoms. The summed E-state index contributed by atoms with van der Waals surface area (Å²) in [5.74, 6) is 0.121. The lowest BCUT2D eigenvalue weighted by atomic mass is 9.83. The predicted molar refractivity (Wildman–Crippen MR) is 46.4 cm³/mol. The van der Waals surface area contributed by atoms with Gasteiger partial charge in [0.15, 0.2) is 0 Å². The quantitative estimate of drug-likeness (QED) is 0.578. The molecule has 0 aromatic rings. The van der Waals surface area contributed by atoms with E-state index in [1.54, 1.807) is 0 Å². The van der Waals surface area contributed by atoms with Crippen LogP contribution in [0.4, 0.5) is 13.2 Å². The third-order valence-electron chi connectivity index (χ3n) is 2.61. The smallest absolute Gasteiger partial charge is 0.171 e. The monoisotopic (exact) mass is 192 g/mol. The normalized spacial score (nSPS) is 20.2. The van der Waals surface area contributed by atoms with Gasteiger partial charge in [-0.1, -0.05) is 31.4 Å². The lowest BCUT2D eigenvalue weighted by molar-refractivity contribution is -0.128. The zero-order valence-electron chi connectivity index (χ0n) is 7.66. The van der Waals surface area contributed by atoms with E-state index < -0.39 is 12.6 Å². The molecule has 0 aliphatic heterocycles. The average Bonchev–Trinajstić information content (AvgIpc) is 2.03. The molecule has 0 spiro atoms. The Labute approximate surface area is 76.8 Å². The average molecular weight is 192 g/mol. The van der Waals surface area contributed by atoms with E-state index in [1.807, 2.05) is 0 Å². The minimum Gasteiger partial charge on any atom is -0.171 e. The van der Waals surface area contributed by atoms with Crippen LogP contribution in [0.15, 0.2) is 12.2 Å². The van der Waals surface area contributed by atoms with Crippen molar-refractivity contribution in [3.8, 4) is 0 Å². The van der Waals surface area contributed by atoms with E-state index in [0.29, 0.717) is 5.57 Å². The summed E-state index contributed by atoms with van der Waals surface area (Å²) in [6.07, 6.45) is 0.203. The first kappa shape index (κ1) is 10.6. The second-order valence-electron chi connectivity index (χ2n) is 3.79. The van der Waals surface area contributed by atoms with Gasteiger partial charge in [-0.25, -0.2) is 0 Å². The van der Waals surface area contributed by atoms with Gasteiger partial charge in [-0.05, 0) is 18.8 Å². The van der Waals surface area contributed by atoms with Crippen LogP contribution in [0.2, 0.25) is 0 Å². The van der Waals surface area contributed by atoms with Crippen molar-refractivity contribution in [2.75, 3.05) is 0 Å². The molecule has 3 heteroatoms. The molecule has 1 aliphatic rings. The number of hydrogen-bond acceptors (Lipinski definition) is 0. The molecule has 76 valence electrons. The topological polar surface area (TPSA) is 0 Å². The summed E-state index contributed by atoms with van der Waals surface area (Å²) in [6.45, 7) is 3.54. The highest BCUT2D eigenvalue weighted by atomic mass is 19.4. The van der Waals surface area contributed by atoms with E-state index in [-0.39, 0.29) is 5.92 Å². The molecule has 0 N–H and O–H groups in total. The summed E-state index contributed by atoms with van der Waals surface area (Å²) in [7, 11) is 0. The largest absolute Gasteiger partial charge is 0.392 e. The predicted octanol–water partition coefficient (Wildman–Crippen LogP) is 4.08. The molecule has 0 aromatic heterocycles. The Bertz CT molecular complexity index is 175. The molecular formula is C10H15F3. The van der Waals surface area contributed by atoms with Gasteiger partial charge in [-0.2, -0.15) is 13.2 Å². The Morgan fingerprint density at radius 1 is 1.15 bits per heavy atom. The summed E-state index contributed by atoms with van der Waals surface area (Å²) in [6, 6.07) is 0. The van der Waals surface area contributed by atoms with Crippen LogP contribution in [-0.4, -0.2) is 6.18 Å². The van der Waals surface area contributed by atoms with Gasteiger partial charge in [0, 0.05) is 0 Å². The first-order valence-electron chi connectivity index (χ1n) is 4.73. The molecule has 0 aromatic carbocycles. The van der Waals surface area contributed by atoms with Crippen molar-refractivity contribution in [1.29, 1.82) is 0 Å². The highest BCUT2D eigenvalue weighted by Crippen LogP contribution is 2.34. The maximum atomic E-state index is 12.0. The number of rotatable bonds is 2. The first-order valence-corrected chi connectivity index (χ1v) is 4.73. The summed E-state index contributed by atoms with van der Waals surface area (Å²) in [4.78, 5) is 0. The molecule has 0 unspecified atom stereocenters. The van der Waals surface area contributed by atoms with Crippen LogP contribution in [0.1, 0.15) is 38.5 Å². The zero-order valence-corrected chi connectivity index (χ0v) is 7.66. The van der Waals surface area contributed by atoms with Gasteiger partial charge in [-0.15, -0.1) is 0 Å². The van der Waals surface area contributed by atoms with Crippen molar-refractivity contribution in [2.24, 2.45) is 5.92 Å². The van der Waals surface area contributed by atoms with E-state index in [2.05, 4.69) is 6.58 Å². The van der Waals surface area contributed by atoms with Crippen molar-refractivity contribution >= 4 is 0 Å². The molecule has 1 aliphatic carbocycles. The van der Waals surface area contributed by atoms with Crippen molar-refractivity contribution in [3.63, 3.8) is 0 Å². The zero-order chi connectivity index (χ0) is 9.90. The van der Waals surface area contributed by atoms with Gasteiger partial charge < -0.3 is 0 Å². The van der Waals surface area contributed by atoms with Crippen molar-refractivity contribution in [2.45, 2.75) is 44.7 Å². The first-order chi connectivity index (χ1) is 5.99. The Morgan fingerprint density at radius 2 is 1.69 bits per heavy atom. The van der Waals surface area contributed by atoms with Crippen molar-refractivity contribution < 1.29 is 13.2 Å². The minimum atomic E-state index is -4.07. The lowest BCUT2D eigenvalue weighted by Crippen LogP contribution is -2.15. The Morgan fingerprint density at radius 3 is 2.15 bits per heavy atom. The third-order valence-corrected chi connectivity index (χ3v) is 2.61. The maximum Gasteiger partial charge on any atom is 0.392 e. The highest BCUT2D eigenvalue weighted by molar-refractivity contribution is 5.03. The minimum absolute atomic E-state index is 0.121. The fourth-order valence-electron chi connectivity index (χ4n) is 1.91. The van der Waals surface area contributed by atoms with Crippen molar-refractivity contribution in [3.05, 3.63) is 12.2 Å². The van der Waals surface area contributed by atoms with Gasteiger partial charge in [0.2, 0.25) is 0 Å². The van der Waals surface area contributed by atoms with Gasteiger partial charge in [0.25, 0.3) is 0 Å². The number of halogens is 3. The molecule has 0 saturated heterocycles. The molecule has 0 amide bonds. The molecule has 0 radical (unpaired) electrons. The van der Waals surface area contributed by atoms with Crippen LogP contribution in [0.5, 0.6) is 0 Å². The van der Waals surface area contributed by atoms with Crippen LogP contribution < -0.4 is 0 Å². The summed E-state index contributed by atoms with van der Waals surface area (Å²) < 4.78 is 36.0. The molecule has 1 fully saturated rings. The van der Waals surface area contributed by atoms with Crippen LogP contribution in [-0.2, 0) is 0 Å². The fraction of sp³-hybridized carbons (Fsp3) is 0.800. The second kappa shape index (κ2) is 4.16. The lowest BCUT2D eigenvalue weighted by Gasteiger charge is -2.24. The number of alkyl halides is 3. The van der Waals surface area contributed by atoms with E-state index >= 15 is 0 Å². The fourth-order valence-corrected chi connectivity index (χ4v) is 1.91. The van der Waals surface area contributed by atoms with Crippen LogP contribution >= 0.6 is 0 Å². The standard InChI is InChI=1S/C10H15F3/c1-8(7-10(11,12)13)9-5-3-2-4-6-9/h9H,1-7H2. The highest BCUT2D eigenvalue weighted by Gasteiger charge is 2.31. The maximum absolute atomic E-state index is 12.0. The number of hydrogen-bond donors (Lipinski definition) is 0. The third kappa shape index (κ3) is 3.83. The van der Waals surface area contributed by atoms with Crippen LogP contribution in [0.3, 0.4) is 0 Å². The SMILES string of the molecule is C=C(CC(F)(F)F)C1CCCCC1. The van der Waals surface area contributed by atoms with Gasteiger partial charge in [0.05, 0.1) is 6.42 Å². The van der Waals surface area contributed by atoms with E-state index in [9.17, 15) is 13.2 Å². The van der Waals surface area contributed by atoms with Crippen LogP contribution in [0.25, 0.3) is 0 Å². The van der Waals surface area contributed by atoms with E-state index in [1.165, 1.54) is 0 Å². The Kier molecular flexibility index (Phi) is 3.40. The molecule has 13 heavy (non-hydrogen) atoms. The summed E-state index contributed by atoms with van der Waals surface area (Å²) >= 11 is 0. The molecular weight excluding hydrogens is 177 g/mol. The Balaban J connectivity index is 2.38. The molecule has 1 rings (SSSR count). The second-order valence-corrected chi connectivity index (χ2v) is 3.79. The van der Waals surface area contributed by atoms with Crippen molar-refractivity contribution in [1.82, 2.24) is 0 Å². The van der Waals surface area contributed by atoms with Gasteiger partial charge in [0.1, 0.15) is 0 Å². The van der Waals surface area contributed by atoms with Gasteiger partial charge >= 0.3 is 6.18 Å². The molecule has 1 saturated carbocycles. The molecule has 0 atom stereocenters.